The zero-order chi connectivity index (χ0) is 19.0. The fourth-order valence-corrected chi connectivity index (χ4v) is 2.43. The van der Waals surface area contributed by atoms with Crippen LogP contribution in [0.5, 0.6) is 0 Å². The fourth-order valence-electron chi connectivity index (χ4n) is 2.17. The summed E-state index contributed by atoms with van der Waals surface area (Å²) in [6.45, 7) is 8.29. The van der Waals surface area contributed by atoms with Gasteiger partial charge >= 0.3 is 0 Å². The van der Waals surface area contributed by atoms with Crippen molar-refractivity contribution in [3.63, 3.8) is 0 Å². The third kappa shape index (κ3) is 9.97. The number of aliphatic hydroxyl groups excluding tert-OH is 1. The number of aliphatic hydroxyl groups is 1. The number of halogens is 1. The van der Waals surface area contributed by atoms with Crippen LogP contribution in [0, 0.1) is 0 Å². The highest BCUT2D eigenvalue weighted by Crippen LogP contribution is 2.22. The van der Waals surface area contributed by atoms with Gasteiger partial charge in [0.2, 0.25) is 0 Å². The second kappa shape index (κ2) is 14.8. The summed E-state index contributed by atoms with van der Waals surface area (Å²) in [5, 5.41) is 17.1. The molecule has 0 saturated heterocycles. The summed E-state index contributed by atoms with van der Waals surface area (Å²) in [4.78, 5) is 4.40. The molecule has 0 aliphatic carbocycles. The number of benzene rings is 1. The Morgan fingerprint density at radius 2 is 1.85 bits per heavy atom. The number of nitrogens with zero attached hydrogens (tertiary/aromatic N) is 1. The molecule has 0 saturated carbocycles. The van der Waals surface area contributed by atoms with Crippen molar-refractivity contribution >= 4 is 17.6 Å². The van der Waals surface area contributed by atoms with E-state index in [4.69, 9.17) is 21.1 Å². The first kappa shape index (κ1) is 22.7. The van der Waals surface area contributed by atoms with Crippen LogP contribution in [0.2, 0.25) is 5.02 Å². The lowest BCUT2D eigenvalue weighted by atomic mass is 10.1. The number of rotatable bonds is 13. The molecule has 0 heterocycles. The van der Waals surface area contributed by atoms with Crippen molar-refractivity contribution in [1.82, 2.24) is 10.6 Å². The zero-order valence-electron chi connectivity index (χ0n) is 15.8. The molecule has 0 spiro atoms. The number of unbranched alkanes of at least 4 members (excludes halogenated alkanes) is 1. The number of ether oxygens (including phenoxy) is 2. The van der Waals surface area contributed by atoms with Crippen molar-refractivity contribution in [2.45, 2.75) is 32.8 Å². The lowest BCUT2D eigenvalue weighted by Gasteiger charge is -2.14. The second-order valence-corrected chi connectivity index (χ2v) is 6.17. The Kier molecular flexibility index (Phi) is 12.9. The van der Waals surface area contributed by atoms with Gasteiger partial charge in [-0.05, 0) is 19.4 Å². The number of aliphatic imine (C=N–C) groups is 1. The van der Waals surface area contributed by atoms with E-state index >= 15 is 0 Å². The molecule has 6 nitrogen and oxygen atoms in total. The number of guanidine groups is 1. The topological polar surface area (TPSA) is 75.1 Å². The van der Waals surface area contributed by atoms with E-state index in [-0.39, 0.29) is 6.54 Å². The summed E-state index contributed by atoms with van der Waals surface area (Å²) in [6, 6.07) is 7.25. The summed E-state index contributed by atoms with van der Waals surface area (Å²) in [6.07, 6.45) is 1.49. The van der Waals surface area contributed by atoms with Crippen molar-refractivity contribution in [2.24, 2.45) is 4.99 Å². The Hall–Kier alpha value is -1.34. The molecule has 3 N–H and O–H groups in total. The molecular formula is C19H32ClN3O3. The van der Waals surface area contributed by atoms with E-state index in [1.165, 1.54) is 0 Å². The fraction of sp³-hybridized carbons (Fsp3) is 0.632. The molecule has 148 valence electrons. The summed E-state index contributed by atoms with van der Waals surface area (Å²) in [5.41, 5.74) is 0.681. The second-order valence-electron chi connectivity index (χ2n) is 5.76. The van der Waals surface area contributed by atoms with E-state index < -0.39 is 6.10 Å². The summed E-state index contributed by atoms with van der Waals surface area (Å²) >= 11 is 6.10. The Morgan fingerprint density at radius 3 is 2.54 bits per heavy atom. The number of hydrogen-bond acceptors (Lipinski definition) is 4. The average molecular weight is 386 g/mol. The molecule has 7 heteroatoms. The predicted molar refractivity (Wildman–Crippen MR) is 107 cm³/mol. The largest absolute Gasteiger partial charge is 0.386 e. The maximum atomic E-state index is 10.3. The van der Waals surface area contributed by atoms with Gasteiger partial charge in [0.1, 0.15) is 6.10 Å². The van der Waals surface area contributed by atoms with Gasteiger partial charge in [-0.3, -0.25) is 4.99 Å². The van der Waals surface area contributed by atoms with E-state index in [1.807, 2.05) is 19.1 Å². The molecule has 1 aromatic rings. The molecule has 26 heavy (non-hydrogen) atoms. The Labute approximate surface area is 161 Å². The van der Waals surface area contributed by atoms with Gasteiger partial charge in [0.05, 0.1) is 26.4 Å². The molecule has 0 amide bonds. The van der Waals surface area contributed by atoms with E-state index in [0.717, 1.165) is 26.0 Å². The number of hydrogen-bond donors (Lipinski definition) is 3. The van der Waals surface area contributed by atoms with E-state index in [1.54, 1.807) is 12.1 Å². The van der Waals surface area contributed by atoms with Crippen LogP contribution in [0.4, 0.5) is 0 Å². The minimum Gasteiger partial charge on any atom is -0.386 e. The first-order valence-electron chi connectivity index (χ1n) is 9.29. The number of nitrogens with one attached hydrogen (secondary N) is 2. The van der Waals surface area contributed by atoms with E-state index in [2.05, 4.69) is 22.5 Å². The van der Waals surface area contributed by atoms with Crippen molar-refractivity contribution in [3.05, 3.63) is 34.9 Å². The van der Waals surface area contributed by atoms with Crippen LogP contribution in [0.25, 0.3) is 0 Å². The van der Waals surface area contributed by atoms with Gasteiger partial charge in [0, 0.05) is 30.3 Å². The first-order chi connectivity index (χ1) is 12.7. The van der Waals surface area contributed by atoms with Crippen LogP contribution in [-0.4, -0.2) is 57.1 Å². The molecule has 0 radical (unpaired) electrons. The van der Waals surface area contributed by atoms with Gasteiger partial charge in [-0.25, -0.2) is 0 Å². The molecule has 0 fully saturated rings. The molecule has 0 aliphatic rings. The minimum atomic E-state index is -0.740. The van der Waals surface area contributed by atoms with Gasteiger partial charge in [-0.1, -0.05) is 43.1 Å². The summed E-state index contributed by atoms with van der Waals surface area (Å²) in [5.74, 6) is 0.640. The van der Waals surface area contributed by atoms with E-state index in [9.17, 15) is 5.11 Å². The van der Waals surface area contributed by atoms with Crippen LogP contribution in [0.1, 0.15) is 38.4 Å². The summed E-state index contributed by atoms with van der Waals surface area (Å²) < 4.78 is 11.0. The molecular weight excluding hydrogens is 354 g/mol. The molecule has 1 unspecified atom stereocenters. The lowest BCUT2D eigenvalue weighted by molar-refractivity contribution is 0.0487. The average Bonchev–Trinajstić information content (AvgIpc) is 2.64. The van der Waals surface area contributed by atoms with Gasteiger partial charge in [0.15, 0.2) is 5.96 Å². The van der Waals surface area contributed by atoms with Crippen molar-refractivity contribution < 1.29 is 14.6 Å². The smallest absolute Gasteiger partial charge is 0.191 e. The third-order valence-corrected chi connectivity index (χ3v) is 3.93. The van der Waals surface area contributed by atoms with Crippen molar-refractivity contribution in [2.75, 3.05) is 46.1 Å². The highest BCUT2D eigenvalue weighted by Gasteiger charge is 2.10. The van der Waals surface area contributed by atoms with Gasteiger partial charge in [0.25, 0.3) is 0 Å². The quantitative estimate of drug-likeness (QED) is 0.276. The van der Waals surface area contributed by atoms with Crippen LogP contribution in [-0.2, 0) is 9.47 Å². The van der Waals surface area contributed by atoms with Crippen LogP contribution >= 0.6 is 11.6 Å². The molecule has 1 aromatic carbocycles. The van der Waals surface area contributed by atoms with Gasteiger partial charge in [-0.2, -0.15) is 0 Å². The molecule has 1 rings (SSSR count). The zero-order valence-corrected chi connectivity index (χ0v) is 16.6. The maximum absolute atomic E-state index is 10.3. The van der Waals surface area contributed by atoms with Crippen LogP contribution in [0.3, 0.4) is 0 Å². The molecule has 0 bridgehead atoms. The normalized spacial score (nSPS) is 12.8. The maximum Gasteiger partial charge on any atom is 0.191 e. The minimum absolute atomic E-state index is 0.227. The highest BCUT2D eigenvalue weighted by molar-refractivity contribution is 6.31. The predicted octanol–water partition coefficient (Wildman–Crippen LogP) is 2.76. The summed E-state index contributed by atoms with van der Waals surface area (Å²) in [7, 11) is 0. The Morgan fingerprint density at radius 1 is 1.12 bits per heavy atom. The van der Waals surface area contributed by atoms with Crippen molar-refractivity contribution in [3.8, 4) is 0 Å². The molecule has 0 aliphatic heterocycles. The molecule has 0 aromatic heterocycles. The first-order valence-corrected chi connectivity index (χ1v) is 9.67. The van der Waals surface area contributed by atoms with Crippen LogP contribution in [0.15, 0.2) is 29.3 Å². The highest BCUT2D eigenvalue weighted by atomic mass is 35.5. The lowest BCUT2D eigenvalue weighted by Crippen LogP contribution is -2.39. The van der Waals surface area contributed by atoms with Crippen molar-refractivity contribution in [1.29, 1.82) is 0 Å². The third-order valence-electron chi connectivity index (χ3n) is 3.58. The monoisotopic (exact) mass is 385 g/mol. The van der Waals surface area contributed by atoms with Gasteiger partial charge < -0.3 is 25.2 Å². The standard InChI is InChI=1S/C19H32ClN3O3/c1-3-5-11-25-13-14-26-12-10-22-19(21-4-2)23-15-18(24)16-8-6-7-9-17(16)20/h6-9,18,24H,3-5,10-15H2,1-2H3,(H2,21,22,23). The van der Waals surface area contributed by atoms with Crippen LogP contribution < -0.4 is 10.6 Å². The SMILES string of the molecule is CCCCOCCOCCNC(=NCC(O)c1ccccc1Cl)NCC. The van der Waals surface area contributed by atoms with E-state index in [0.29, 0.717) is 42.9 Å². The molecule has 1 atom stereocenters. The Balaban J connectivity index is 2.27. The van der Waals surface area contributed by atoms with Gasteiger partial charge in [-0.15, -0.1) is 0 Å². The Bertz CT molecular complexity index is 515.